The number of hydrogen-bond donors (Lipinski definition) is 2. The molecule has 0 unspecified atom stereocenters. The van der Waals surface area contributed by atoms with Gasteiger partial charge >= 0.3 is 0 Å². The Hall–Kier alpha value is -4.07. The summed E-state index contributed by atoms with van der Waals surface area (Å²) in [5.74, 6) is 1.04. The smallest absolute Gasteiger partial charge is 0.292 e. The molecule has 3 aromatic rings. The molecular formula is C23H23N3O5. The largest absolute Gasteiger partial charge is 0.497 e. The van der Waals surface area contributed by atoms with E-state index >= 15 is 0 Å². The summed E-state index contributed by atoms with van der Waals surface area (Å²) in [6.07, 6.45) is 0. The Bertz CT molecular complexity index is 1080. The molecule has 0 saturated carbocycles. The zero-order valence-electron chi connectivity index (χ0n) is 17.4. The van der Waals surface area contributed by atoms with Crippen molar-refractivity contribution in [2.75, 3.05) is 24.9 Å². The van der Waals surface area contributed by atoms with Crippen LogP contribution in [0.1, 0.15) is 6.92 Å². The summed E-state index contributed by atoms with van der Waals surface area (Å²) in [5, 5.41) is 16.9. The second-order valence-corrected chi connectivity index (χ2v) is 6.77. The molecule has 3 rings (SSSR count). The van der Waals surface area contributed by atoms with Gasteiger partial charge in [-0.1, -0.05) is 24.3 Å². The second kappa shape index (κ2) is 9.62. The lowest BCUT2D eigenvalue weighted by Gasteiger charge is -2.17. The van der Waals surface area contributed by atoms with E-state index in [0.29, 0.717) is 11.4 Å². The molecule has 8 nitrogen and oxygen atoms in total. The number of nitrogens with one attached hydrogen (secondary N) is 2. The summed E-state index contributed by atoms with van der Waals surface area (Å²) in [5.41, 5.74) is 2.48. The Kier molecular flexibility index (Phi) is 6.71. The number of amides is 1. The van der Waals surface area contributed by atoms with Gasteiger partial charge in [0.2, 0.25) is 5.91 Å². The highest BCUT2D eigenvalue weighted by molar-refractivity contribution is 5.98. The fourth-order valence-corrected chi connectivity index (χ4v) is 3.09. The van der Waals surface area contributed by atoms with Crippen LogP contribution >= 0.6 is 0 Å². The third-order valence-corrected chi connectivity index (χ3v) is 4.74. The first-order valence-electron chi connectivity index (χ1n) is 9.56. The lowest BCUT2D eigenvalue weighted by Crippen LogP contribution is -2.32. The SMILES string of the molecule is COc1ccc(-c2cc(N[C@H](C)C(=O)Nc3ccccc3[N+](=O)[O-])ccc2OC)cc1. The molecule has 0 heterocycles. The summed E-state index contributed by atoms with van der Waals surface area (Å²) < 4.78 is 10.7. The molecule has 0 bridgehead atoms. The fourth-order valence-electron chi connectivity index (χ4n) is 3.09. The molecule has 160 valence electrons. The van der Waals surface area contributed by atoms with Gasteiger partial charge in [-0.15, -0.1) is 0 Å². The summed E-state index contributed by atoms with van der Waals surface area (Å²) in [6.45, 7) is 1.68. The number of carbonyl (C=O) groups excluding carboxylic acids is 1. The third-order valence-electron chi connectivity index (χ3n) is 4.74. The van der Waals surface area contributed by atoms with Crippen molar-refractivity contribution >= 4 is 23.0 Å². The average molecular weight is 421 g/mol. The first kappa shape index (κ1) is 21.6. The maximum atomic E-state index is 12.6. The highest BCUT2D eigenvalue weighted by Crippen LogP contribution is 2.33. The van der Waals surface area contributed by atoms with Crippen LogP contribution in [0.25, 0.3) is 11.1 Å². The normalized spacial score (nSPS) is 11.3. The van der Waals surface area contributed by atoms with E-state index in [2.05, 4.69) is 10.6 Å². The van der Waals surface area contributed by atoms with Crippen LogP contribution in [0, 0.1) is 10.1 Å². The summed E-state index contributed by atoms with van der Waals surface area (Å²) in [4.78, 5) is 23.2. The second-order valence-electron chi connectivity index (χ2n) is 6.77. The Balaban J connectivity index is 1.79. The molecule has 0 spiro atoms. The fraction of sp³-hybridized carbons (Fsp3) is 0.174. The molecule has 31 heavy (non-hydrogen) atoms. The van der Waals surface area contributed by atoms with Crippen LogP contribution in [0.5, 0.6) is 11.5 Å². The highest BCUT2D eigenvalue weighted by atomic mass is 16.6. The van der Waals surface area contributed by atoms with E-state index in [9.17, 15) is 14.9 Å². The summed E-state index contributed by atoms with van der Waals surface area (Å²) >= 11 is 0. The Labute approximate surface area is 180 Å². The van der Waals surface area contributed by atoms with Gasteiger partial charge in [-0.05, 0) is 48.9 Å². The Morgan fingerprint density at radius 1 is 1.00 bits per heavy atom. The average Bonchev–Trinajstić information content (AvgIpc) is 2.79. The summed E-state index contributed by atoms with van der Waals surface area (Å²) in [6, 6.07) is 18.4. The van der Waals surface area contributed by atoms with E-state index in [1.165, 1.54) is 12.1 Å². The molecule has 0 fully saturated rings. The van der Waals surface area contributed by atoms with Crippen LogP contribution in [0.15, 0.2) is 66.7 Å². The van der Waals surface area contributed by atoms with E-state index in [1.807, 2.05) is 36.4 Å². The van der Waals surface area contributed by atoms with Crippen LogP contribution in [0.3, 0.4) is 0 Å². The minimum absolute atomic E-state index is 0.153. The first-order chi connectivity index (χ1) is 14.9. The van der Waals surface area contributed by atoms with Gasteiger partial charge in [0.1, 0.15) is 23.2 Å². The van der Waals surface area contributed by atoms with Crippen molar-refractivity contribution in [3.63, 3.8) is 0 Å². The maximum absolute atomic E-state index is 12.6. The van der Waals surface area contributed by atoms with Gasteiger partial charge < -0.3 is 20.1 Å². The van der Waals surface area contributed by atoms with Crippen LogP contribution < -0.4 is 20.1 Å². The number of nitrogens with zero attached hydrogens (tertiary/aromatic N) is 1. The number of benzene rings is 3. The van der Waals surface area contributed by atoms with E-state index < -0.39 is 16.9 Å². The standard InChI is InChI=1S/C23H23N3O5/c1-15(23(27)25-20-6-4-5-7-21(20)26(28)29)24-17-10-13-22(31-3)19(14-17)16-8-11-18(30-2)12-9-16/h4-15,24H,1-3H3,(H,25,27)/t15-/m1/s1. The van der Waals surface area contributed by atoms with Gasteiger partial charge in [-0.3, -0.25) is 14.9 Å². The molecular weight excluding hydrogens is 398 g/mol. The van der Waals surface area contributed by atoms with Crippen molar-refractivity contribution < 1.29 is 19.2 Å². The van der Waals surface area contributed by atoms with E-state index in [4.69, 9.17) is 9.47 Å². The lowest BCUT2D eigenvalue weighted by molar-refractivity contribution is -0.383. The van der Waals surface area contributed by atoms with Crippen molar-refractivity contribution in [2.45, 2.75) is 13.0 Å². The molecule has 8 heteroatoms. The number of rotatable bonds is 8. The topological polar surface area (TPSA) is 103 Å². The van der Waals surface area contributed by atoms with Crippen molar-refractivity contribution in [3.8, 4) is 22.6 Å². The molecule has 0 aliphatic rings. The van der Waals surface area contributed by atoms with Crippen molar-refractivity contribution in [1.82, 2.24) is 0 Å². The Morgan fingerprint density at radius 3 is 2.35 bits per heavy atom. The number of anilines is 2. The molecule has 0 saturated heterocycles. The molecule has 3 aromatic carbocycles. The number of ether oxygens (including phenoxy) is 2. The van der Waals surface area contributed by atoms with E-state index in [0.717, 1.165) is 16.9 Å². The van der Waals surface area contributed by atoms with Gasteiger partial charge in [0.15, 0.2) is 0 Å². The van der Waals surface area contributed by atoms with Crippen LogP contribution in [-0.2, 0) is 4.79 Å². The highest BCUT2D eigenvalue weighted by Gasteiger charge is 2.19. The monoisotopic (exact) mass is 421 g/mol. The number of carbonyl (C=O) groups is 1. The van der Waals surface area contributed by atoms with Gasteiger partial charge in [-0.25, -0.2) is 0 Å². The molecule has 1 amide bonds. The lowest BCUT2D eigenvalue weighted by atomic mass is 10.0. The summed E-state index contributed by atoms with van der Waals surface area (Å²) in [7, 11) is 3.20. The van der Waals surface area contributed by atoms with Gasteiger partial charge in [0.05, 0.1) is 19.1 Å². The predicted octanol–water partition coefficient (Wildman–Crippen LogP) is 4.72. The van der Waals surface area contributed by atoms with E-state index in [1.54, 1.807) is 39.3 Å². The number of nitro benzene ring substituents is 1. The maximum Gasteiger partial charge on any atom is 0.292 e. The van der Waals surface area contributed by atoms with Gasteiger partial charge in [0.25, 0.3) is 5.69 Å². The van der Waals surface area contributed by atoms with E-state index in [-0.39, 0.29) is 11.4 Å². The molecule has 0 aliphatic carbocycles. The van der Waals surface area contributed by atoms with Crippen molar-refractivity contribution in [3.05, 3.63) is 76.8 Å². The number of methoxy groups -OCH3 is 2. The number of para-hydroxylation sites is 2. The number of nitro groups is 1. The minimum Gasteiger partial charge on any atom is -0.497 e. The minimum atomic E-state index is -0.642. The van der Waals surface area contributed by atoms with Gasteiger partial charge in [0, 0.05) is 17.3 Å². The predicted molar refractivity (Wildman–Crippen MR) is 120 cm³/mol. The third kappa shape index (κ3) is 5.11. The molecule has 0 aromatic heterocycles. The first-order valence-corrected chi connectivity index (χ1v) is 9.56. The zero-order chi connectivity index (χ0) is 22.4. The van der Waals surface area contributed by atoms with Crippen LogP contribution in [0.2, 0.25) is 0 Å². The number of hydrogen-bond acceptors (Lipinski definition) is 6. The van der Waals surface area contributed by atoms with Crippen LogP contribution in [-0.4, -0.2) is 31.1 Å². The molecule has 0 aliphatic heterocycles. The molecule has 0 radical (unpaired) electrons. The van der Waals surface area contributed by atoms with Crippen molar-refractivity contribution in [1.29, 1.82) is 0 Å². The Morgan fingerprint density at radius 2 is 1.71 bits per heavy atom. The molecule has 2 N–H and O–H groups in total. The molecule has 1 atom stereocenters. The van der Waals surface area contributed by atoms with Gasteiger partial charge in [-0.2, -0.15) is 0 Å². The quantitative estimate of drug-likeness (QED) is 0.403. The van der Waals surface area contributed by atoms with Crippen molar-refractivity contribution in [2.24, 2.45) is 0 Å². The van der Waals surface area contributed by atoms with Crippen LogP contribution in [0.4, 0.5) is 17.1 Å². The zero-order valence-corrected chi connectivity index (χ0v) is 17.4.